The van der Waals surface area contributed by atoms with Crippen molar-refractivity contribution in [3.63, 3.8) is 0 Å². The second-order valence-electron chi connectivity index (χ2n) is 6.52. The average molecular weight is 372 g/mol. The van der Waals surface area contributed by atoms with Crippen LogP contribution < -0.4 is 4.90 Å². The Morgan fingerprint density at radius 3 is 2.31 bits per heavy atom. The number of thiophene rings is 1. The molecule has 1 aliphatic rings. The summed E-state index contributed by atoms with van der Waals surface area (Å²) in [7, 11) is 0. The van der Waals surface area contributed by atoms with E-state index in [0.29, 0.717) is 18.7 Å². The van der Waals surface area contributed by atoms with Gasteiger partial charge >= 0.3 is 5.97 Å². The van der Waals surface area contributed by atoms with Crippen LogP contribution in [-0.2, 0) is 9.53 Å². The molecule has 0 spiro atoms. The van der Waals surface area contributed by atoms with Gasteiger partial charge in [0.1, 0.15) is 0 Å². The minimum atomic E-state index is -0.773. The van der Waals surface area contributed by atoms with E-state index in [1.54, 1.807) is 23.2 Å². The molecule has 0 bridgehead atoms. The summed E-state index contributed by atoms with van der Waals surface area (Å²) in [6.07, 6.45) is -0.773. The smallest absolute Gasteiger partial charge is 0.340 e. The number of esters is 1. The fraction of sp³-hybridized carbons (Fsp3) is 0.400. The van der Waals surface area contributed by atoms with Gasteiger partial charge in [0.2, 0.25) is 0 Å². The van der Waals surface area contributed by atoms with Gasteiger partial charge in [0, 0.05) is 41.6 Å². The first-order valence-corrected chi connectivity index (χ1v) is 9.64. The summed E-state index contributed by atoms with van der Waals surface area (Å²) in [5.74, 6) is -0.550. The van der Waals surface area contributed by atoms with Crippen molar-refractivity contribution < 1.29 is 14.3 Å². The fourth-order valence-electron chi connectivity index (χ4n) is 3.19. The molecule has 1 aromatic carbocycles. The molecule has 0 aliphatic carbocycles. The molecule has 2 aromatic rings. The molecule has 0 N–H and O–H groups in total. The third kappa shape index (κ3) is 4.07. The lowest BCUT2D eigenvalue weighted by Crippen LogP contribution is -2.51. The van der Waals surface area contributed by atoms with Crippen LogP contribution in [0, 0.1) is 13.8 Å². The molecule has 26 heavy (non-hydrogen) atoms. The number of rotatable bonds is 4. The monoisotopic (exact) mass is 372 g/mol. The Hall–Kier alpha value is -2.34. The minimum Gasteiger partial charge on any atom is -0.449 e. The summed E-state index contributed by atoms with van der Waals surface area (Å²) >= 11 is 1.56. The maximum absolute atomic E-state index is 12.6. The molecule has 5 nitrogen and oxygen atoms in total. The van der Waals surface area contributed by atoms with Gasteiger partial charge in [0.15, 0.2) is 6.10 Å². The quantitative estimate of drug-likeness (QED) is 0.773. The zero-order chi connectivity index (χ0) is 18.7. The topological polar surface area (TPSA) is 49.9 Å². The first-order chi connectivity index (χ1) is 12.5. The Morgan fingerprint density at radius 2 is 1.73 bits per heavy atom. The highest BCUT2D eigenvalue weighted by molar-refractivity contribution is 7.12. The van der Waals surface area contributed by atoms with E-state index in [-0.39, 0.29) is 5.91 Å². The summed E-state index contributed by atoms with van der Waals surface area (Å²) in [4.78, 5) is 31.0. The molecule has 1 atom stereocenters. The van der Waals surface area contributed by atoms with Crippen LogP contribution in [0.1, 0.15) is 27.0 Å². The summed E-state index contributed by atoms with van der Waals surface area (Å²) in [6.45, 7) is 8.31. The molecule has 6 heteroatoms. The number of nitrogens with zero attached hydrogens (tertiary/aromatic N) is 2. The van der Waals surface area contributed by atoms with Gasteiger partial charge in [0.25, 0.3) is 5.91 Å². The highest BCUT2D eigenvalue weighted by atomic mass is 32.1. The standard InChI is InChI=1S/C20H24N2O3S/c1-14-13-18(16(3)26-14)20(24)25-15(2)19(23)22-11-9-21(10-12-22)17-7-5-4-6-8-17/h4-8,13,15H,9-12H2,1-3H3/t15-/m0/s1. The lowest BCUT2D eigenvalue weighted by Gasteiger charge is -2.37. The van der Waals surface area contributed by atoms with Crippen molar-refractivity contribution in [3.8, 4) is 0 Å². The van der Waals surface area contributed by atoms with Gasteiger partial charge in [-0.3, -0.25) is 4.79 Å². The van der Waals surface area contributed by atoms with E-state index < -0.39 is 12.1 Å². The lowest BCUT2D eigenvalue weighted by atomic mass is 10.2. The summed E-state index contributed by atoms with van der Waals surface area (Å²) < 4.78 is 5.42. The highest BCUT2D eigenvalue weighted by Gasteiger charge is 2.28. The van der Waals surface area contributed by atoms with Gasteiger partial charge < -0.3 is 14.5 Å². The van der Waals surface area contributed by atoms with Crippen LogP contribution in [0.2, 0.25) is 0 Å². The Morgan fingerprint density at radius 1 is 1.08 bits per heavy atom. The molecule has 1 saturated heterocycles. The number of benzene rings is 1. The summed E-state index contributed by atoms with van der Waals surface area (Å²) in [5.41, 5.74) is 1.73. The SMILES string of the molecule is Cc1cc(C(=O)O[C@@H](C)C(=O)N2CCN(c3ccccc3)CC2)c(C)s1. The van der Waals surface area contributed by atoms with Gasteiger partial charge in [0.05, 0.1) is 5.56 Å². The number of anilines is 1. The Kier molecular flexibility index (Phi) is 5.61. The third-order valence-corrected chi connectivity index (χ3v) is 5.57. The molecule has 0 radical (unpaired) electrons. The van der Waals surface area contributed by atoms with Crippen molar-refractivity contribution in [2.45, 2.75) is 26.9 Å². The van der Waals surface area contributed by atoms with E-state index >= 15 is 0 Å². The zero-order valence-electron chi connectivity index (χ0n) is 15.4. The number of amides is 1. The molecular formula is C20H24N2O3S. The number of hydrogen-bond acceptors (Lipinski definition) is 5. The van der Waals surface area contributed by atoms with Crippen LogP contribution in [0.15, 0.2) is 36.4 Å². The summed E-state index contributed by atoms with van der Waals surface area (Å²) in [5, 5.41) is 0. The maximum Gasteiger partial charge on any atom is 0.340 e. The van der Waals surface area contributed by atoms with Crippen molar-refractivity contribution in [2.75, 3.05) is 31.1 Å². The number of hydrogen-bond donors (Lipinski definition) is 0. The number of ether oxygens (including phenoxy) is 1. The van der Waals surface area contributed by atoms with Crippen molar-refractivity contribution in [1.29, 1.82) is 0 Å². The van der Waals surface area contributed by atoms with Crippen LogP contribution in [0.5, 0.6) is 0 Å². The van der Waals surface area contributed by atoms with Crippen LogP contribution in [0.25, 0.3) is 0 Å². The zero-order valence-corrected chi connectivity index (χ0v) is 16.2. The molecular weight excluding hydrogens is 348 g/mol. The van der Waals surface area contributed by atoms with E-state index in [2.05, 4.69) is 17.0 Å². The first kappa shape index (κ1) is 18.5. The van der Waals surface area contributed by atoms with E-state index in [1.165, 1.54) is 5.69 Å². The molecule has 3 rings (SSSR count). The van der Waals surface area contributed by atoms with E-state index in [4.69, 9.17) is 4.74 Å². The molecule has 1 aromatic heterocycles. The second kappa shape index (κ2) is 7.91. The molecule has 138 valence electrons. The van der Waals surface area contributed by atoms with Crippen LogP contribution in [0.4, 0.5) is 5.69 Å². The van der Waals surface area contributed by atoms with Crippen molar-refractivity contribution >= 4 is 28.9 Å². The van der Waals surface area contributed by atoms with Gasteiger partial charge in [-0.25, -0.2) is 4.79 Å². The third-order valence-electron chi connectivity index (χ3n) is 4.61. The van der Waals surface area contributed by atoms with Crippen LogP contribution in [0.3, 0.4) is 0 Å². The molecule has 0 unspecified atom stereocenters. The maximum atomic E-state index is 12.6. The van der Waals surface area contributed by atoms with Crippen molar-refractivity contribution in [2.24, 2.45) is 0 Å². The largest absolute Gasteiger partial charge is 0.449 e. The number of aryl methyl sites for hydroxylation is 2. The number of carbonyl (C=O) groups excluding carboxylic acids is 2. The van der Waals surface area contributed by atoms with Crippen LogP contribution in [-0.4, -0.2) is 49.1 Å². The normalized spacial score (nSPS) is 15.7. The van der Waals surface area contributed by atoms with Crippen molar-refractivity contribution in [3.05, 3.63) is 51.7 Å². The minimum absolute atomic E-state index is 0.129. The first-order valence-electron chi connectivity index (χ1n) is 8.82. The number of piperazine rings is 1. The van der Waals surface area contributed by atoms with Crippen molar-refractivity contribution in [1.82, 2.24) is 4.90 Å². The van der Waals surface area contributed by atoms with E-state index in [1.807, 2.05) is 38.1 Å². The summed E-state index contributed by atoms with van der Waals surface area (Å²) in [6, 6.07) is 12.0. The lowest BCUT2D eigenvalue weighted by molar-refractivity contribution is -0.140. The van der Waals surface area contributed by atoms with E-state index in [9.17, 15) is 9.59 Å². The predicted octanol–water partition coefficient (Wildman–Crippen LogP) is 3.26. The van der Waals surface area contributed by atoms with E-state index in [0.717, 1.165) is 22.8 Å². The Labute approximate surface area is 158 Å². The average Bonchev–Trinajstić information content (AvgIpc) is 3.00. The van der Waals surface area contributed by atoms with Gasteiger partial charge in [-0.05, 0) is 39.0 Å². The predicted molar refractivity (Wildman–Crippen MR) is 104 cm³/mol. The van der Waals surface area contributed by atoms with Gasteiger partial charge in [-0.1, -0.05) is 18.2 Å². The number of para-hydroxylation sites is 1. The fourth-order valence-corrected chi connectivity index (χ4v) is 4.10. The molecule has 1 fully saturated rings. The van der Waals surface area contributed by atoms with Gasteiger partial charge in [-0.15, -0.1) is 11.3 Å². The highest BCUT2D eigenvalue weighted by Crippen LogP contribution is 2.22. The Bertz CT molecular complexity index is 780. The van der Waals surface area contributed by atoms with Crippen LogP contribution >= 0.6 is 11.3 Å². The second-order valence-corrected chi connectivity index (χ2v) is 7.98. The van der Waals surface area contributed by atoms with Gasteiger partial charge in [-0.2, -0.15) is 0 Å². The molecule has 0 saturated carbocycles. The molecule has 2 heterocycles. The molecule has 1 aliphatic heterocycles. The number of carbonyl (C=O) groups is 2. The Balaban J connectivity index is 1.54. The molecule has 1 amide bonds.